The summed E-state index contributed by atoms with van der Waals surface area (Å²) >= 11 is 0. The molecule has 126 valence electrons. The van der Waals surface area contributed by atoms with Crippen LogP contribution in [0.25, 0.3) is 11.5 Å². The Bertz CT molecular complexity index is 890. The first-order valence-corrected chi connectivity index (χ1v) is 8.06. The Balaban J connectivity index is 1.62. The molecule has 0 radical (unpaired) electrons. The number of carbonyl (C=O) groups excluding carboxylic acids is 1. The normalized spacial score (nSPS) is 21.8. The molecular formula is C19H17N3O3. The molecule has 4 rings (SSSR count). The lowest BCUT2D eigenvalue weighted by Crippen LogP contribution is -2.21. The number of rotatable bonds is 4. The second-order valence-corrected chi connectivity index (χ2v) is 6.18. The summed E-state index contributed by atoms with van der Waals surface area (Å²) in [6.45, 7) is 1.78. The maximum atomic E-state index is 12.0. The van der Waals surface area contributed by atoms with Crippen LogP contribution in [0.3, 0.4) is 0 Å². The Morgan fingerprint density at radius 3 is 2.40 bits per heavy atom. The molecule has 1 aromatic carbocycles. The standard InChI is InChI=1S/C19H17N3O3/c1-11-20-10-15(25-11)14-8-7-13(9-21-14)17-16(18(17)19(23)22-24)12-5-3-2-4-6-12/h2-10,16-18,24H,1H3,(H,22,23). The number of aromatic nitrogens is 2. The average Bonchev–Trinajstić information content (AvgIpc) is 3.27. The summed E-state index contributed by atoms with van der Waals surface area (Å²) in [7, 11) is 0. The van der Waals surface area contributed by atoms with Crippen molar-refractivity contribution in [2.24, 2.45) is 5.92 Å². The molecule has 0 aliphatic heterocycles. The van der Waals surface area contributed by atoms with Gasteiger partial charge in [0.1, 0.15) is 5.69 Å². The third kappa shape index (κ3) is 2.81. The molecule has 0 saturated heterocycles. The van der Waals surface area contributed by atoms with Crippen LogP contribution in [0, 0.1) is 12.8 Å². The SMILES string of the molecule is Cc1ncc(-c2ccc(C3C(C(=O)NO)C3c3ccccc3)cn2)o1. The monoisotopic (exact) mass is 335 g/mol. The number of carbonyl (C=O) groups is 1. The van der Waals surface area contributed by atoms with Gasteiger partial charge in [-0.15, -0.1) is 0 Å². The zero-order chi connectivity index (χ0) is 17.4. The summed E-state index contributed by atoms with van der Waals surface area (Å²) in [4.78, 5) is 20.5. The van der Waals surface area contributed by atoms with Crippen LogP contribution in [-0.2, 0) is 4.79 Å². The lowest BCUT2D eigenvalue weighted by Gasteiger charge is -2.02. The number of pyridine rings is 1. The highest BCUT2D eigenvalue weighted by atomic mass is 16.5. The lowest BCUT2D eigenvalue weighted by atomic mass is 10.1. The van der Waals surface area contributed by atoms with E-state index in [0.29, 0.717) is 17.3 Å². The number of benzene rings is 1. The molecule has 3 aromatic rings. The molecule has 6 heteroatoms. The minimum absolute atomic E-state index is 0.00689. The molecule has 1 aliphatic carbocycles. The van der Waals surface area contributed by atoms with E-state index in [-0.39, 0.29) is 23.7 Å². The Kier molecular flexibility index (Phi) is 3.82. The van der Waals surface area contributed by atoms with E-state index in [0.717, 1.165) is 11.1 Å². The first-order valence-electron chi connectivity index (χ1n) is 8.06. The van der Waals surface area contributed by atoms with E-state index in [1.165, 1.54) is 0 Å². The zero-order valence-corrected chi connectivity index (χ0v) is 13.6. The predicted molar refractivity (Wildman–Crippen MR) is 89.8 cm³/mol. The summed E-state index contributed by atoms with van der Waals surface area (Å²) < 4.78 is 5.48. The van der Waals surface area contributed by atoms with Gasteiger partial charge in [0.05, 0.1) is 12.1 Å². The van der Waals surface area contributed by atoms with Crippen molar-refractivity contribution in [2.75, 3.05) is 0 Å². The third-order valence-corrected chi connectivity index (χ3v) is 4.66. The molecule has 1 fully saturated rings. The van der Waals surface area contributed by atoms with Gasteiger partial charge in [-0.25, -0.2) is 10.5 Å². The molecule has 1 aliphatic rings. The molecule has 0 bridgehead atoms. The summed E-state index contributed by atoms with van der Waals surface area (Å²) in [6, 6.07) is 13.7. The van der Waals surface area contributed by atoms with Gasteiger partial charge in [-0.05, 0) is 17.2 Å². The molecule has 2 aromatic heterocycles. The number of nitrogens with one attached hydrogen (secondary N) is 1. The minimum Gasteiger partial charge on any atom is -0.439 e. The van der Waals surface area contributed by atoms with E-state index in [2.05, 4.69) is 9.97 Å². The highest BCUT2D eigenvalue weighted by Crippen LogP contribution is 2.60. The maximum Gasteiger partial charge on any atom is 0.247 e. The number of aryl methyl sites for hydroxylation is 1. The van der Waals surface area contributed by atoms with Crippen molar-refractivity contribution in [3.63, 3.8) is 0 Å². The van der Waals surface area contributed by atoms with Crippen LogP contribution in [-0.4, -0.2) is 21.1 Å². The van der Waals surface area contributed by atoms with Crippen LogP contribution < -0.4 is 5.48 Å². The van der Waals surface area contributed by atoms with E-state index < -0.39 is 0 Å². The van der Waals surface area contributed by atoms with Crippen molar-refractivity contribution < 1.29 is 14.4 Å². The first-order chi connectivity index (χ1) is 12.2. The predicted octanol–water partition coefficient (Wildman–Crippen LogP) is 3.05. The number of oxazole rings is 1. The fourth-order valence-corrected chi connectivity index (χ4v) is 3.44. The van der Waals surface area contributed by atoms with Gasteiger partial charge in [-0.2, -0.15) is 0 Å². The van der Waals surface area contributed by atoms with Crippen LogP contribution in [0.5, 0.6) is 0 Å². The summed E-state index contributed by atoms with van der Waals surface area (Å²) in [6.07, 6.45) is 3.40. The molecule has 3 atom stereocenters. The van der Waals surface area contributed by atoms with Gasteiger partial charge in [0.15, 0.2) is 11.7 Å². The number of amides is 1. The van der Waals surface area contributed by atoms with Crippen molar-refractivity contribution in [2.45, 2.75) is 18.8 Å². The lowest BCUT2D eigenvalue weighted by molar-refractivity contribution is -0.130. The smallest absolute Gasteiger partial charge is 0.247 e. The van der Waals surface area contributed by atoms with E-state index >= 15 is 0 Å². The molecule has 0 spiro atoms. The molecular weight excluding hydrogens is 318 g/mol. The quantitative estimate of drug-likeness (QED) is 0.565. The molecule has 2 heterocycles. The largest absolute Gasteiger partial charge is 0.439 e. The highest BCUT2D eigenvalue weighted by molar-refractivity contribution is 5.84. The number of hydroxylamine groups is 1. The zero-order valence-electron chi connectivity index (χ0n) is 13.6. The van der Waals surface area contributed by atoms with Crippen molar-refractivity contribution in [3.05, 3.63) is 71.9 Å². The van der Waals surface area contributed by atoms with Crippen LogP contribution in [0.4, 0.5) is 0 Å². The number of hydrogen-bond donors (Lipinski definition) is 2. The van der Waals surface area contributed by atoms with Crippen LogP contribution in [0.15, 0.2) is 59.3 Å². The topological polar surface area (TPSA) is 88.2 Å². The van der Waals surface area contributed by atoms with Gasteiger partial charge in [-0.3, -0.25) is 15.0 Å². The molecule has 1 saturated carbocycles. The van der Waals surface area contributed by atoms with Gasteiger partial charge in [-0.1, -0.05) is 36.4 Å². The van der Waals surface area contributed by atoms with Crippen molar-refractivity contribution >= 4 is 5.91 Å². The molecule has 3 unspecified atom stereocenters. The van der Waals surface area contributed by atoms with Crippen molar-refractivity contribution in [3.8, 4) is 11.5 Å². The van der Waals surface area contributed by atoms with Crippen LogP contribution in [0.2, 0.25) is 0 Å². The highest BCUT2D eigenvalue weighted by Gasteiger charge is 2.56. The fraction of sp³-hybridized carbons (Fsp3) is 0.211. The number of nitrogens with zero attached hydrogens (tertiary/aromatic N) is 2. The molecule has 6 nitrogen and oxygen atoms in total. The van der Waals surface area contributed by atoms with Gasteiger partial charge in [0, 0.05) is 25.0 Å². The van der Waals surface area contributed by atoms with Crippen LogP contribution >= 0.6 is 0 Å². The van der Waals surface area contributed by atoms with E-state index in [1.807, 2.05) is 42.5 Å². The van der Waals surface area contributed by atoms with Gasteiger partial charge >= 0.3 is 0 Å². The van der Waals surface area contributed by atoms with Gasteiger partial charge in [0.25, 0.3) is 0 Å². The average molecular weight is 335 g/mol. The first kappa shape index (κ1) is 15.5. The van der Waals surface area contributed by atoms with Crippen molar-refractivity contribution in [1.82, 2.24) is 15.4 Å². The number of hydrogen-bond acceptors (Lipinski definition) is 5. The summed E-state index contributed by atoms with van der Waals surface area (Å²) in [5.41, 5.74) is 4.52. The minimum atomic E-state index is -0.367. The Morgan fingerprint density at radius 1 is 1.04 bits per heavy atom. The fourth-order valence-electron chi connectivity index (χ4n) is 3.44. The van der Waals surface area contributed by atoms with Crippen LogP contribution in [0.1, 0.15) is 28.9 Å². The second kappa shape index (κ2) is 6.14. The van der Waals surface area contributed by atoms with E-state index in [1.54, 1.807) is 24.8 Å². The van der Waals surface area contributed by atoms with E-state index in [9.17, 15) is 4.79 Å². The van der Waals surface area contributed by atoms with Gasteiger partial charge in [0.2, 0.25) is 5.91 Å². The Labute approximate surface area is 144 Å². The Hall–Kier alpha value is -2.99. The molecule has 2 N–H and O–H groups in total. The van der Waals surface area contributed by atoms with E-state index in [4.69, 9.17) is 9.62 Å². The summed E-state index contributed by atoms with van der Waals surface area (Å²) in [5, 5.41) is 9.04. The van der Waals surface area contributed by atoms with Gasteiger partial charge < -0.3 is 4.42 Å². The maximum absolute atomic E-state index is 12.0. The van der Waals surface area contributed by atoms with Crippen molar-refractivity contribution in [1.29, 1.82) is 0 Å². The molecule has 25 heavy (non-hydrogen) atoms. The third-order valence-electron chi connectivity index (χ3n) is 4.66. The Morgan fingerprint density at radius 2 is 1.80 bits per heavy atom. The second-order valence-electron chi connectivity index (χ2n) is 6.18. The molecule has 1 amide bonds. The summed E-state index contributed by atoms with van der Waals surface area (Å²) in [5.74, 6) is 0.568.